The fourth-order valence-electron chi connectivity index (χ4n) is 2.66. The van der Waals surface area contributed by atoms with Gasteiger partial charge in [0.05, 0.1) is 0 Å². The molecular formula is C14H14N2O. The van der Waals surface area contributed by atoms with Gasteiger partial charge in [0.1, 0.15) is 5.54 Å². The normalized spacial score (nSPS) is 22.7. The molecule has 1 atom stereocenters. The number of aromatic nitrogens is 1. The Morgan fingerprint density at radius 2 is 2.06 bits per heavy atom. The number of rotatable bonds is 1. The molecule has 0 aliphatic heterocycles. The van der Waals surface area contributed by atoms with Gasteiger partial charge in [0, 0.05) is 34.3 Å². The lowest BCUT2D eigenvalue weighted by molar-refractivity contribution is 0.0854. The largest absolute Gasteiger partial charge is 0.315 e. The number of hydrogen-bond acceptors (Lipinski definition) is 3. The summed E-state index contributed by atoms with van der Waals surface area (Å²) in [5.74, 6) is 0.0656. The van der Waals surface area contributed by atoms with Crippen LogP contribution in [0.15, 0.2) is 30.6 Å². The van der Waals surface area contributed by atoms with Crippen molar-refractivity contribution >= 4 is 16.6 Å². The molecule has 0 saturated carbocycles. The van der Waals surface area contributed by atoms with E-state index in [-0.39, 0.29) is 11.7 Å². The first-order chi connectivity index (χ1) is 8.06. The highest BCUT2D eigenvalue weighted by Crippen LogP contribution is 2.42. The summed E-state index contributed by atoms with van der Waals surface area (Å²) in [6.45, 7) is 3.95. The standard InChI is InChI=1S/C14H14N2O/c1-8(2)14(15)11-7-16-6-9-4-3-5-10(12(9)11)13(14)17/h3-8H,15H2,1-2H3. The second kappa shape index (κ2) is 3.14. The summed E-state index contributed by atoms with van der Waals surface area (Å²) in [6, 6.07) is 5.70. The SMILES string of the molecule is CC(C)C1(N)C(=O)c2cccc3cncc1c23. The molecule has 2 N–H and O–H groups in total. The van der Waals surface area contributed by atoms with E-state index in [9.17, 15) is 4.79 Å². The molecule has 1 unspecified atom stereocenters. The Hall–Kier alpha value is -1.74. The van der Waals surface area contributed by atoms with Crippen molar-refractivity contribution in [3.05, 3.63) is 41.7 Å². The summed E-state index contributed by atoms with van der Waals surface area (Å²) in [5, 5.41) is 1.96. The van der Waals surface area contributed by atoms with E-state index in [0.717, 1.165) is 21.9 Å². The zero-order chi connectivity index (χ0) is 12.2. The number of nitrogens with zero attached hydrogens (tertiary/aromatic N) is 1. The fraction of sp³-hybridized carbons (Fsp3) is 0.286. The molecule has 3 rings (SSSR count). The fourth-order valence-corrected chi connectivity index (χ4v) is 2.66. The second-order valence-electron chi connectivity index (χ2n) is 4.94. The predicted octanol–water partition coefficient (Wildman–Crippen LogP) is 2.24. The number of carbonyl (C=O) groups excluding carboxylic acids is 1. The van der Waals surface area contributed by atoms with Gasteiger partial charge >= 0.3 is 0 Å². The molecule has 2 aromatic rings. The van der Waals surface area contributed by atoms with Gasteiger partial charge in [0.2, 0.25) is 0 Å². The van der Waals surface area contributed by atoms with Crippen molar-refractivity contribution in [2.75, 3.05) is 0 Å². The Morgan fingerprint density at radius 3 is 2.76 bits per heavy atom. The lowest BCUT2D eigenvalue weighted by Gasteiger charge is -2.27. The van der Waals surface area contributed by atoms with Crippen molar-refractivity contribution in [1.82, 2.24) is 4.98 Å². The highest BCUT2D eigenvalue weighted by molar-refractivity contribution is 6.19. The third kappa shape index (κ3) is 1.09. The molecule has 0 amide bonds. The highest BCUT2D eigenvalue weighted by Gasteiger charge is 2.46. The van der Waals surface area contributed by atoms with Crippen LogP contribution < -0.4 is 5.73 Å². The Morgan fingerprint density at radius 1 is 1.29 bits per heavy atom. The van der Waals surface area contributed by atoms with Gasteiger partial charge in [0.15, 0.2) is 5.78 Å². The van der Waals surface area contributed by atoms with Crippen molar-refractivity contribution in [2.24, 2.45) is 11.7 Å². The Kier molecular flexibility index (Phi) is 1.92. The highest BCUT2D eigenvalue weighted by atomic mass is 16.1. The van der Waals surface area contributed by atoms with Crippen LogP contribution in [0.4, 0.5) is 0 Å². The third-order valence-corrected chi connectivity index (χ3v) is 3.76. The van der Waals surface area contributed by atoms with Gasteiger partial charge in [-0.15, -0.1) is 0 Å². The van der Waals surface area contributed by atoms with Crippen LogP contribution >= 0.6 is 0 Å². The molecule has 3 nitrogen and oxygen atoms in total. The van der Waals surface area contributed by atoms with Crippen LogP contribution in [0.2, 0.25) is 0 Å². The van der Waals surface area contributed by atoms with Gasteiger partial charge < -0.3 is 5.73 Å². The maximum absolute atomic E-state index is 12.5. The number of carbonyl (C=O) groups is 1. The van der Waals surface area contributed by atoms with Crippen LogP contribution in [-0.2, 0) is 5.54 Å². The van der Waals surface area contributed by atoms with E-state index in [1.54, 1.807) is 12.4 Å². The Balaban J connectivity index is 2.46. The average Bonchev–Trinajstić information content (AvgIpc) is 2.56. The molecule has 86 valence electrons. The smallest absolute Gasteiger partial charge is 0.188 e. The summed E-state index contributed by atoms with van der Waals surface area (Å²) in [7, 11) is 0. The molecule has 0 fully saturated rings. The topological polar surface area (TPSA) is 56.0 Å². The molecule has 1 aliphatic carbocycles. The number of nitrogens with two attached hydrogens (primary N) is 1. The Labute approximate surface area is 99.7 Å². The van der Waals surface area contributed by atoms with Gasteiger partial charge in [-0.3, -0.25) is 9.78 Å². The molecule has 1 aromatic heterocycles. The van der Waals surface area contributed by atoms with Gasteiger partial charge in [-0.25, -0.2) is 0 Å². The minimum Gasteiger partial charge on any atom is -0.315 e. The first kappa shape index (κ1) is 10.4. The lowest BCUT2D eigenvalue weighted by atomic mass is 9.81. The maximum Gasteiger partial charge on any atom is 0.188 e. The van der Waals surface area contributed by atoms with Crippen molar-refractivity contribution in [1.29, 1.82) is 0 Å². The van der Waals surface area contributed by atoms with Crippen LogP contribution in [0.5, 0.6) is 0 Å². The number of hydrogen-bond donors (Lipinski definition) is 1. The third-order valence-electron chi connectivity index (χ3n) is 3.76. The molecular weight excluding hydrogens is 212 g/mol. The molecule has 0 radical (unpaired) electrons. The summed E-state index contributed by atoms with van der Waals surface area (Å²) in [5.41, 5.74) is 7.04. The summed E-state index contributed by atoms with van der Waals surface area (Å²) < 4.78 is 0. The average molecular weight is 226 g/mol. The van der Waals surface area contributed by atoms with Crippen molar-refractivity contribution < 1.29 is 4.79 Å². The number of ketones is 1. The van der Waals surface area contributed by atoms with E-state index in [1.165, 1.54) is 0 Å². The van der Waals surface area contributed by atoms with Gasteiger partial charge in [-0.2, -0.15) is 0 Å². The van der Waals surface area contributed by atoms with E-state index in [4.69, 9.17) is 5.73 Å². The van der Waals surface area contributed by atoms with E-state index in [2.05, 4.69) is 4.98 Å². The van der Waals surface area contributed by atoms with E-state index in [1.807, 2.05) is 32.0 Å². The monoisotopic (exact) mass is 226 g/mol. The van der Waals surface area contributed by atoms with Crippen molar-refractivity contribution in [3.8, 4) is 0 Å². The molecule has 17 heavy (non-hydrogen) atoms. The maximum atomic E-state index is 12.5. The molecule has 1 aliphatic rings. The van der Waals surface area contributed by atoms with Crippen molar-refractivity contribution in [2.45, 2.75) is 19.4 Å². The quantitative estimate of drug-likeness (QED) is 0.811. The molecule has 1 heterocycles. The molecule has 1 aromatic carbocycles. The molecule has 0 saturated heterocycles. The van der Waals surface area contributed by atoms with Gasteiger partial charge in [-0.05, 0) is 5.92 Å². The predicted molar refractivity (Wildman–Crippen MR) is 66.8 cm³/mol. The zero-order valence-electron chi connectivity index (χ0n) is 9.90. The number of Topliss-reactive ketones (excluding diaryl/α,β-unsaturated/α-hetero) is 1. The first-order valence-electron chi connectivity index (χ1n) is 5.77. The molecule has 0 spiro atoms. The van der Waals surface area contributed by atoms with E-state index < -0.39 is 5.54 Å². The number of pyridine rings is 1. The van der Waals surface area contributed by atoms with Crippen molar-refractivity contribution in [3.63, 3.8) is 0 Å². The minimum absolute atomic E-state index is 0.0149. The zero-order valence-corrected chi connectivity index (χ0v) is 9.90. The van der Waals surface area contributed by atoms with Crippen LogP contribution in [0.3, 0.4) is 0 Å². The lowest BCUT2D eigenvalue weighted by Crippen LogP contribution is -2.46. The second-order valence-corrected chi connectivity index (χ2v) is 4.94. The van der Waals surface area contributed by atoms with E-state index >= 15 is 0 Å². The summed E-state index contributed by atoms with van der Waals surface area (Å²) in [6.07, 6.45) is 3.51. The first-order valence-corrected chi connectivity index (χ1v) is 5.77. The van der Waals surface area contributed by atoms with Crippen LogP contribution in [0.1, 0.15) is 29.8 Å². The van der Waals surface area contributed by atoms with Crippen LogP contribution in [-0.4, -0.2) is 10.8 Å². The van der Waals surface area contributed by atoms with Crippen LogP contribution in [0, 0.1) is 5.92 Å². The molecule has 0 bridgehead atoms. The number of benzene rings is 1. The summed E-state index contributed by atoms with van der Waals surface area (Å²) in [4.78, 5) is 16.7. The van der Waals surface area contributed by atoms with Crippen LogP contribution in [0.25, 0.3) is 10.8 Å². The molecule has 3 heteroatoms. The van der Waals surface area contributed by atoms with Gasteiger partial charge in [0.25, 0.3) is 0 Å². The minimum atomic E-state index is -0.920. The van der Waals surface area contributed by atoms with E-state index in [0.29, 0.717) is 0 Å². The summed E-state index contributed by atoms with van der Waals surface area (Å²) >= 11 is 0. The Bertz CT molecular complexity index is 628. The van der Waals surface area contributed by atoms with Gasteiger partial charge in [-0.1, -0.05) is 32.0 Å².